The van der Waals surface area contributed by atoms with E-state index in [1.807, 2.05) is 13.0 Å². The van der Waals surface area contributed by atoms with Crippen molar-refractivity contribution in [3.8, 4) is 5.75 Å². The number of aromatic amines is 1. The summed E-state index contributed by atoms with van der Waals surface area (Å²) in [6, 6.07) is 5.22. The summed E-state index contributed by atoms with van der Waals surface area (Å²) in [6.45, 7) is 4.09. The Labute approximate surface area is 135 Å². The minimum absolute atomic E-state index is 0.00486. The number of phenols is 1. The molecule has 2 unspecified atom stereocenters. The Morgan fingerprint density at radius 2 is 2.22 bits per heavy atom. The largest absolute Gasteiger partial charge is 0.508 e. The van der Waals surface area contributed by atoms with E-state index >= 15 is 0 Å². The lowest BCUT2D eigenvalue weighted by Crippen LogP contribution is -2.42. The highest BCUT2D eigenvalue weighted by molar-refractivity contribution is 5.87. The van der Waals surface area contributed by atoms with E-state index in [0.29, 0.717) is 6.42 Å². The summed E-state index contributed by atoms with van der Waals surface area (Å²) in [7, 11) is 0. The quantitative estimate of drug-likeness (QED) is 0.785. The van der Waals surface area contributed by atoms with Crippen molar-refractivity contribution in [3.63, 3.8) is 0 Å². The van der Waals surface area contributed by atoms with Crippen molar-refractivity contribution in [2.24, 2.45) is 0 Å². The number of rotatable bonds is 5. The second-order valence-corrected chi connectivity index (χ2v) is 6.38. The molecule has 1 aliphatic heterocycles. The molecule has 0 radical (unpaired) electrons. The Kier molecular flexibility index (Phi) is 4.06. The summed E-state index contributed by atoms with van der Waals surface area (Å²) in [5.41, 5.74) is 2.05. The molecule has 0 spiro atoms. The van der Waals surface area contributed by atoms with E-state index in [1.165, 1.54) is 0 Å². The summed E-state index contributed by atoms with van der Waals surface area (Å²) >= 11 is 0. The number of benzene rings is 1. The maximum Gasteiger partial charge on any atom is 0.306 e. The topological polar surface area (TPSA) is 82.5 Å². The van der Waals surface area contributed by atoms with Crippen LogP contribution in [-0.4, -0.2) is 27.3 Å². The summed E-state index contributed by atoms with van der Waals surface area (Å²) < 4.78 is 6.29. The lowest BCUT2D eigenvalue weighted by molar-refractivity contribution is -0.158. The van der Waals surface area contributed by atoms with Gasteiger partial charge in [-0.25, -0.2) is 0 Å². The first-order valence-electron chi connectivity index (χ1n) is 8.22. The average Bonchev–Trinajstić information content (AvgIpc) is 2.85. The molecule has 1 aliphatic rings. The SMILES string of the molecule is CCCC1(CC(=O)O)OC(CC)Cc2c1[nH]c1ccc(O)cc21. The Morgan fingerprint density at radius 1 is 1.43 bits per heavy atom. The average molecular weight is 317 g/mol. The van der Waals surface area contributed by atoms with Crippen LogP contribution in [0.2, 0.25) is 0 Å². The molecular formula is C18H23NO4. The number of hydrogen-bond acceptors (Lipinski definition) is 3. The smallest absolute Gasteiger partial charge is 0.306 e. The van der Waals surface area contributed by atoms with Crippen LogP contribution in [0.4, 0.5) is 0 Å². The Balaban J connectivity index is 2.22. The van der Waals surface area contributed by atoms with Crippen LogP contribution >= 0.6 is 0 Å². The zero-order valence-corrected chi connectivity index (χ0v) is 13.6. The first-order valence-corrected chi connectivity index (χ1v) is 8.22. The lowest BCUT2D eigenvalue weighted by Gasteiger charge is -2.40. The molecule has 0 aliphatic carbocycles. The fourth-order valence-electron chi connectivity index (χ4n) is 3.76. The molecule has 1 aromatic carbocycles. The number of phenolic OH excluding ortho intramolecular Hbond substituents is 1. The number of carbonyl (C=O) groups is 1. The van der Waals surface area contributed by atoms with Crippen LogP contribution < -0.4 is 0 Å². The molecule has 2 atom stereocenters. The zero-order chi connectivity index (χ0) is 16.6. The molecule has 2 aromatic rings. The van der Waals surface area contributed by atoms with Crippen LogP contribution in [0.1, 0.15) is 50.8 Å². The van der Waals surface area contributed by atoms with Crippen LogP contribution in [-0.2, 0) is 21.6 Å². The van der Waals surface area contributed by atoms with Crippen molar-refractivity contribution in [1.82, 2.24) is 4.98 Å². The summed E-state index contributed by atoms with van der Waals surface area (Å²) in [5, 5.41) is 20.2. The first kappa shape index (κ1) is 15.9. The normalized spacial score (nSPS) is 23.8. The third kappa shape index (κ3) is 2.70. The lowest BCUT2D eigenvalue weighted by atomic mass is 9.83. The van der Waals surface area contributed by atoms with Gasteiger partial charge in [-0.3, -0.25) is 4.79 Å². The third-order valence-electron chi connectivity index (χ3n) is 4.72. The van der Waals surface area contributed by atoms with Crippen molar-refractivity contribution in [2.75, 3.05) is 0 Å². The second kappa shape index (κ2) is 5.89. The number of aromatic hydroxyl groups is 1. The van der Waals surface area contributed by atoms with Crippen molar-refractivity contribution in [1.29, 1.82) is 0 Å². The Bertz CT molecular complexity index is 736. The van der Waals surface area contributed by atoms with Crippen molar-refractivity contribution < 1.29 is 19.7 Å². The summed E-state index contributed by atoms with van der Waals surface area (Å²) in [5.74, 6) is -0.638. The van der Waals surface area contributed by atoms with Crippen LogP contribution in [0, 0.1) is 0 Å². The van der Waals surface area contributed by atoms with E-state index in [9.17, 15) is 15.0 Å². The van der Waals surface area contributed by atoms with Gasteiger partial charge in [0.05, 0.1) is 18.2 Å². The van der Waals surface area contributed by atoms with Gasteiger partial charge >= 0.3 is 5.97 Å². The highest BCUT2D eigenvalue weighted by atomic mass is 16.5. The zero-order valence-electron chi connectivity index (χ0n) is 13.6. The van der Waals surface area contributed by atoms with Gasteiger partial charge in [0.1, 0.15) is 11.4 Å². The maximum absolute atomic E-state index is 11.5. The molecule has 2 heterocycles. The number of nitrogens with one attached hydrogen (secondary N) is 1. The van der Waals surface area contributed by atoms with Crippen molar-refractivity contribution >= 4 is 16.9 Å². The first-order chi connectivity index (χ1) is 11.0. The van der Waals surface area contributed by atoms with E-state index in [0.717, 1.165) is 41.4 Å². The molecule has 124 valence electrons. The van der Waals surface area contributed by atoms with Gasteiger partial charge < -0.3 is 19.9 Å². The monoisotopic (exact) mass is 317 g/mol. The summed E-state index contributed by atoms with van der Waals surface area (Å²) in [4.78, 5) is 14.9. The molecule has 3 rings (SSSR count). The molecule has 23 heavy (non-hydrogen) atoms. The molecule has 0 saturated carbocycles. The number of aromatic nitrogens is 1. The van der Waals surface area contributed by atoms with Gasteiger partial charge in [0.2, 0.25) is 0 Å². The van der Waals surface area contributed by atoms with Crippen LogP contribution in [0.15, 0.2) is 18.2 Å². The molecule has 5 nitrogen and oxygen atoms in total. The minimum atomic E-state index is -0.859. The Hall–Kier alpha value is -2.01. The predicted molar refractivity (Wildman–Crippen MR) is 87.7 cm³/mol. The molecule has 1 aromatic heterocycles. The van der Waals surface area contributed by atoms with E-state index in [4.69, 9.17) is 4.74 Å². The fraction of sp³-hybridized carbons (Fsp3) is 0.500. The maximum atomic E-state index is 11.5. The van der Waals surface area contributed by atoms with Crippen LogP contribution in [0.25, 0.3) is 10.9 Å². The molecule has 0 saturated heterocycles. The molecular weight excluding hydrogens is 294 g/mol. The number of aliphatic carboxylic acids is 1. The number of carboxylic acids is 1. The van der Waals surface area contributed by atoms with E-state index < -0.39 is 11.6 Å². The van der Waals surface area contributed by atoms with E-state index in [-0.39, 0.29) is 18.3 Å². The number of fused-ring (bicyclic) bond motifs is 3. The summed E-state index contributed by atoms with van der Waals surface area (Å²) in [6.07, 6.45) is 3.00. The van der Waals surface area contributed by atoms with Gasteiger partial charge in [-0.05, 0) is 36.6 Å². The van der Waals surface area contributed by atoms with E-state index in [1.54, 1.807) is 12.1 Å². The van der Waals surface area contributed by atoms with Crippen LogP contribution in [0.5, 0.6) is 5.75 Å². The van der Waals surface area contributed by atoms with Gasteiger partial charge in [-0.2, -0.15) is 0 Å². The number of carboxylic acid groups (broad SMARTS) is 1. The minimum Gasteiger partial charge on any atom is -0.508 e. The molecule has 0 amide bonds. The highest BCUT2D eigenvalue weighted by Crippen LogP contribution is 2.45. The highest BCUT2D eigenvalue weighted by Gasteiger charge is 2.44. The molecule has 5 heteroatoms. The van der Waals surface area contributed by atoms with Crippen molar-refractivity contribution in [2.45, 2.75) is 57.7 Å². The molecule has 0 fully saturated rings. The van der Waals surface area contributed by atoms with Gasteiger partial charge in [-0.1, -0.05) is 20.3 Å². The van der Waals surface area contributed by atoms with Crippen LogP contribution in [0.3, 0.4) is 0 Å². The number of hydrogen-bond donors (Lipinski definition) is 3. The van der Waals surface area contributed by atoms with E-state index in [2.05, 4.69) is 11.9 Å². The number of ether oxygens (including phenoxy) is 1. The van der Waals surface area contributed by atoms with Gasteiger partial charge in [0.15, 0.2) is 0 Å². The number of H-pyrrole nitrogens is 1. The predicted octanol–water partition coefficient (Wildman–Crippen LogP) is 3.69. The van der Waals surface area contributed by atoms with Crippen molar-refractivity contribution in [3.05, 3.63) is 29.5 Å². The van der Waals surface area contributed by atoms with Gasteiger partial charge in [0, 0.05) is 17.3 Å². The standard InChI is InChI=1S/C18H23NO4/c1-3-7-18(10-16(21)22)17-14(9-12(4-2)23-18)13-8-11(20)5-6-15(13)19-17/h5-6,8,12,19-20H,3-4,7,9-10H2,1-2H3,(H,21,22). The third-order valence-corrected chi connectivity index (χ3v) is 4.72. The molecule has 3 N–H and O–H groups in total. The van der Waals surface area contributed by atoms with Gasteiger partial charge in [-0.15, -0.1) is 0 Å². The fourth-order valence-corrected chi connectivity index (χ4v) is 3.76. The Morgan fingerprint density at radius 3 is 2.87 bits per heavy atom. The van der Waals surface area contributed by atoms with Gasteiger partial charge in [0.25, 0.3) is 0 Å². The second-order valence-electron chi connectivity index (χ2n) is 6.38. The molecule has 0 bridgehead atoms.